The molecule has 2 aromatic carbocycles. The van der Waals surface area contributed by atoms with E-state index in [-0.39, 0.29) is 43.9 Å². The minimum atomic E-state index is -4.56. The Labute approximate surface area is 247 Å². The molecule has 43 heavy (non-hydrogen) atoms. The van der Waals surface area contributed by atoms with Gasteiger partial charge in [-0.05, 0) is 78.8 Å². The van der Waals surface area contributed by atoms with E-state index in [1.54, 1.807) is 6.07 Å². The van der Waals surface area contributed by atoms with Crippen molar-refractivity contribution in [3.05, 3.63) is 53.6 Å². The second-order valence-electron chi connectivity index (χ2n) is 12.3. The van der Waals surface area contributed by atoms with E-state index >= 15 is 0 Å². The molecule has 0 bridgehead atoms. The molecule has 0 spiro atoms. The van der Waals surface area contributed by atoms with E-state index in [0.717, 1.165) is 17.7 Å². The first kappa shape index (κ1) is 30.9. The quantitative estimate of drug-likeness (QED) is 0.340. The average molecular weight is 607 g/mol. The van der Waals surface area contributed by atoms with Crippen LogP contribution in [0.2, 0.25) is 0 Å². The van der Waals surface area contributed by atoms with Crippen LogP contribution in [0.25, 0.3) is 0 Å². The molecule has 1 aliphatic heterocycles. The summed E-state index contributed by atoms with van der Waals surface area (Å²) in [7, 11) is 0. The van der Waals surface area contributed by atoms with Crippen molar-refractivity contribution in [3.8, 4) is 11.5 Å². The van der Waals surface area contributed by atoms with Gasteiger partial charge in [0.1, 0.15) is 6.10 Å². The molecule has 12 heteroatoms. The molecule has 5 rings (SSSR count). The number of hydrogen-bond donors (Lipinski definition) is 4. The largest absolute Gasteiger partial charge is 0.454 e. The van der Waals surface area contributed by atoms with Crippen LogP contribution in [0.4, 0.5) is 23.7 Å². The van der Waals surface area contributed by atoms with E-state index < -0.39 is 46.8 Å². The van der Waals surface area contributed by atoms with E-state index in [1.807, 2.05) is 26.0 Å². The van der Waals surface area contributed by atoms with Crippen molar-refractivity contribution in [2.45, 2.75) is 70.9 Å². The summed E-state index contributed by atoms with van der Waals surface area (Å²) < 4.78 is 55.8. The van der Waals surface area contributed by atoms with Crippen LogP contribution >= 0.6 is 0 Å². The standard InChI is InChI=1S/C31H37F3N2O7/c1-29-11-10-26(43-28(40)36-20-5-3-4-19(13-20)31(32,33)34)30(2,16-37)25(29)9-7-22(38)21(29)14-27(39)35-15-18-6-8-23-24(12-18)42-17-41-23/h3-6,8,12-13,21-22,25-26,37-38H,7,9-11,14-17H2,1-2H3,(H,35,39)(H,36,40). The van der Waals surface area contributed by atoms with Gasteiger partial charge in [0.15, 0.2) is 11.5 Å². The maximum absolute atomic E-state index is 13.1. The van der Waals surface area contributed by atoms with Crippen LogP contribution in [0, 0.1) is 22.7 Å². The van der Waals surface area contributed by atoms with Gasteiger partial charge in [-0.15, -0.1) is 0 Å². The van der Waals surface area contributed by atoms with Crippen molar-refractivity contribution in [1.82, 2.24) is 5.32 Å². The fraction of sp³-hybridized carbons (Fsp3) is 0.548. The molecule has 6 atom stereocenters. The summed E-state index contributed by atoms with van der Waals surface area (Å²) in [5.74, 6) is 0.469. The van der Waals surface area contributed by atoms with Crippen molar-refractivity contribution in [2.24, 2.45) is 22.7 Å². The number of alkyl halides is 3. The predicted octanol–water partition coefficient (Wildman–Crippen LogP) is 5.24. The molecule has 2 aliphatic carbocycles. The zero-order chi connectivity index (χ0) is 31.0. The maximum atomic E-state index is 13.1. The van der Waals surface area contributed by atoms with Gasteiger partial charge in [0, 0.05) is 24.1 Å². The number of rotatable bonds is 7. The maximum Gasteiger partial charge on any atom is 0.416 e. The van der Waals surface area contributed by atoms with E-state index in [1.165, 1.54) is 12.1 Å². The number of hydrogen-bond acceptors (Lipinski definition) is 7. The Kier molecular flexibility index (Phi) is 8.54. The minimum absolute atomic E-state index is 0.0567. The summed E-state index contributed by atoms with van der Waals surface area (Å²) >= 11 is 0. The zero-order valence-corrected chi connectivity index (χ0v) is 24.1. The summed E-state index contributed by atoms with van der Waals surface area (Å²) in [4.78, 5) is 25.9. The highest BCUT2D eigenvalue weighted by Crippen LogP contribution is 2.61. The van der Waals surface area contributed by atoms with Gasteiger partial charge in [-0.25, -0.2) is 4.79 Å². The number of aliphatic hydroxyl groups is 2. The van der Waals surface area contributed by atoms with E-state index in [2.05, 4.69) is 10.6 Å². The zero-order valence-electron chi connectivity index (χ0n) is 24.1. The molecule has 2 amide bonds. The molecular formula is C31H37F3N2O7. The van der Waals surface area contributed by atoms with Gasteiger partial charge in [0.05, 0.1) is 18.3 Å². The summed E-state index contributed by atoms with van der Waals surface area (Å²) in [5, 5.41) is 27.0. The molecular weight excluding hydrogens is 569 g/mol. The molecule has 2 fully saturated rings. The summed E-state index contributed by atoms with van der Waals surface area (Å²) in [6.07, 6.45) is -4.99. The lowest BCUT2D eigenvalue weighted by Gasteiger charge is -2.60. The lowest BCUT2D eigenvalue weighted by Crippen LogP contribution is -2.61. The van der Waals surface area contributed by atoms with Gasteiger partial charge >= 0.3 is 12.3 Å². The van der Waals surface area contributed by atoms with E-state index in [0.29, 0.717) is 37.2 Å². The average Bonchev–Trinajstić information content (AvgIpc) is 3.43. The number of carbonyl (C=O) groups is 2. The first-order chi connectivity index (χ1) is 20.3. The van der Waals surface area contributed by atoms with Gasteiger partial charge in [-0.1, -0.05) is 26.0 Å². The first-order valence-corrected chi connectivity index (χ1v) is 14.4. The Morgan fingerprint density at radius 2 is 1.84 bits per heavy atom. The molecule has 6 unspecified atom stereocenters. The molecule has 2 aromatic rings. The number of ether oxygens (including phenoxy) is 3. The van der Waals surface area contributed by atoms with Gasteiger partial charge in [0.2, 0.25) is 12.7 Å². The number of benzene rings is 2. The predicted molar refractivity (Wildman–Crippen MR) is 149 cm³/mol. The third kappa shape index (κ3) is 6.26. The van der Waals surface area contributed by atoms with Crippen LogP contribution in [0.3, 0.4) is 0 Å². The van der Waals surface area contributed by atoms with Crippen LogP contribution in [-0.2, 0) is 22.3 Å². The second-order valence-corrected chi connectivity index (χ2v) is 12.3. The van der Waals surface area contributed by atoms with Crippen molar-refractivity contribution >= 4 is 17.7 Å². The SMILES string of the molecule is CC1(CO)C(OC(=O)Nc2cccc(C(F)(F)F)c2)CCC2(C)C(CC(=O)NCc3ccc4c(c3)OCO4)C(O)CCC12. The molecule has 3 aliphatic rings. The molecule has 1 heterocycles. The number of aliphatic hydroxyl groups excluding tert-OH is 2. The first-order valence-electron chi connectivity index (χ1n) is 14.4. The summed E-state index contributed by atoms with van der Waals surface area (Å²) in [6, 6.07) is 9.72. The lowest BCUT2D eigenvalue weighted by molar-refractivity contribution is -0.185. The molecule has 9 nitrogen and oxygen atoms in total. The highest BCUT2D eigenvalue weighted by Gasteiger charge is 2.60. The number of halogens is 3. The molecule has 0 aromatic heterocycles. The molecule has 0 saturated heterocycles. The Morgan fingerprint density at radius 3 is 2.58 bits per heavy atom. The van der Waals surface area contributed by atoms with Crippen molar-refractivity contribution in [3.63, 3.8) is 0 Å². The second kappa shape index (κ2) is 11.9. The third-order valence-corrected chi connectivity index (χ3v) is 9.69. The number of amides is 2. The Balaban J connectivity index is 1.24. The highest BCUT2D eigenvalue weighted by molar-refractivity contribution is 5.84. The Hall–Kier alpha value is -3.51. The lowest BCUT2D eigenvalue weighted by atomic mass is 9.46. The molecule has 2 saturated carbocycles. The third-order valence-electron chi connectivity index (χ3n) is 9.69. The molecule has 4 N–H and O–H groups in total. The monoisotopic (exact) mass is 606 g/mol. The van der Waals surface area contributed by atoms with Crippen LogP contribution in [-0.4, -0.2) is 47.8 Å². The number of anilines is 1. The van der Waals surface area contributed by atoms with E-state index in [9.17, 15) is 33.0 Å². The van der Waals surface area contributed by atoms with Gasteiger partial charge in [0.25, 0.3) is 0 Å². The highest BCUT2D eigenvalue weighted by atomic mass is 19.4. The van der Waals surface area contributed by atoms with E-state index in [4.69, 9.17) is 14.2 Å². The van der Waals surface area contributed by atoms with Crippen LogP contribution < -0.4 is 20.1 Å². The van der Waals surface area contributed by atoms with Crippen LogP contribution in [0.1, 0.15) is 57.1 Å². The molecule has 0 radical (unpaired) electrons. The Bertz CT molecular complexity index is 1350. The van der Waals surface area contributed by atoms with Gasteiger partial charge < -0.3 is 29.7 Å². The van der Waals surface area contributed by atoms with Crippen molar-refractivity contribution in [1.29, 1.82) is 0 Å². The number of carbonyl (C=O) groups excluding carboxylic acids is 2. The van der Waals surface area contributed by atoms with Gasteiger partial charge in [-0.3, -0.25) is 10.1 Å². The fourth-order valence-corrected chi connectivity index (χ4v) is 7.35. The topological polar surface area (TPSA) is 126 Å². The van der Waals surface area contributed by atoms with Gasteiger partial charge in [-0.2, -0.15) is 13.2 Å². The minimum Gasteiger partial charge on any atom is -0.454 e. The van der Waals surface area contributed by atoms with Crippen LogP contribution in [0.15, 0.2) is 42.5 Å². The number of fused-ring (bicyclic) bond motifs is 2. The molecule has 234 valence electrons. The fourth-order valence-electron chi connectivity index (χ4n) is 7.35. The summed E-state index contributed by atoms with van der Waals surface area (Å²) in [5.41, 5.74) is -1.55. The normalized spacial score (nSPS) is 29.8. The summed E-state index contributed by atoms with van der Waals surface area (Å²) in [6.45, 7) is 3.97. The Morgan fingerprint density at radius 1 is 1.07 bits per heavy atom. The number of nitrogens with one attached hydrogen (secondary N) is 2. The van der Waals surface area contributed by atoms with Crippen molar-refractivity contribution in [2.75, 3.05) is 18.7 Å². The van der Waals surface area contributed by atoms with Crippen LogP contribution in [0.5, 0.6) is 11.5 Å². The van der Waals surface area contributed by atoms with Crippen molar-refractivity contribution < 1.29 is 47.2 Å². The smallest absolute Gasteiger partial charge is 0.416 e.